The maximum absolute atomic E-state index is 12.2. The maximum Gasteiger partial charge on any atom is 1.00 e. The van der Waals surface area contributed by atoms with Crippen LogP contribution in [0, 0.1) is 139 Å². The molecule has 107 heavy (non-hydrogen) atoms. The number of nitrogens with zero attached hydrogens (tertiary/aromatic N) is 9. The second-order valence-corrected chi connectivity index (χ2v) is 31.8. The molecule has 0 N–H and O–H groups in total. The summed E-state index contributed by atoms with van der Waals surface area (Å²) in [6.45, 7) is 54.8. The Morgan fingerprint density at radius 2 is 0.748 bits per heavy atom. The third kappa shape index (κ3) is 39.0. The van der Waals surface area contributed by atoms with E-state index in [4.69, 9.17) is 68.1 Å². The van der Waals surface area contributed by atoms with Crippen molar-refractivity contribution in [2.45, 2.75) is 122 Å². The minimum Gasteiger partial charge on any atom is -0.517 e. The van der Waals surface area contributed by atoms with Crippen LogP contribution in [-0.2, 0) is 45.8 Å². The van der Waals surface area contributed by atoms with Gasteiger partial charge in [-0.15, -0.1) is 0 Å². The fourth-order valence-corrected chi connectivity index (χ4v) is 18.2. The van der Waals surface area contributed by atoms with Crippen molar-refractivity contribution >= 4 is 141 Å². The molecule has 0 fully saturated rings. The van der Waals surface area contributed by atoms with Crippen LogP contribution < -0.4 is 514 Å². The Hall–Kier alpha value is 7.69. The minimum atomic E-state index is -0.742. The minimum absolute atomic E-state index is 0. The SMILES string of the molecule is [C-]#[N+]/C(C#N)=C1\Sc2[c-]cc(C(=O)OC)[c-]c2S1.[C-]#[N+]/C(C#N)=C1\Sc2[c-]cc(C(=O)OCC)[c-]c2S1.[C-]#[N+]/C(C#N)=C1\Sc2[c-]cc(C(C)(C)C)[c-]c2S1.[C-]#[N+]/C(C#N)=C1\Sc2[c-]cc(CC)[c-]c2S1.[C-]#[N+]/C(C(=O)OCCOC(=O)C=C)=C1\Sc2[c-]cc(C(C)(C)C)[c-]c2S1.[K+].[K+].[K+].[K+].[K+].[K+].[K+].[K+].[K+].[K+]. The second-order valence-electron chi connectivity index (χ2n) is 20.3. The van der Waals surface area contributed by atoms with Crippen LogP contribution in [0.3, 0.4) is 0 Å². The molecule has 17 nitrogen and oxygen atoms in total. The average molecular weight is 1850 g/mol. The summed E-state index contributed by atoms with van der Waals surface area (Å²) in [6, 6.07) is 47.6. The van der Waals surface area contributed by atoms with Crippen molar-refractivity contribution in [2.24, 2.45) is 0 Å². The molecule has 0 atom stereocenters. The van der Waals surface area contributed by atoms with E-state index in [1.54, 1.807) is 6.92 Å². The summed E-state index contributed by atoms with van der Waals surface area (Å²) < 4.78 is 22.4. The van der Waals surface area contributed by atoms with Gasteiger partial charge in [0.05, 0.1) is 70.9 Å². The zero-order valence-electron chi connectivity index (χ0n) is 62.4. The molecule has 0 aliphatic carbocycles. The summed E-state index contributed by atoms with van der Waals surface area (Å²) in [5.74, 6) is -2.27. The Balaban J connectivity index is -0.000000399. The normalized spacial score (nSPS) is 14.1. The number of ether oxygens (including phenoxy) is 4. The van der Waals surface area contributed by atoms with E-state index >= 15 is 0 Å². The van der Waals surface area contributed by atoms with Gasteiger partial charge in [0.2, 0.25) is 0 Å². The van der Waals surface area contributed by atoms with Crippen LogP contribution in [0.15, 0.2) is 142 Å². The van der Waals surface area contributed by atoms with Gasteiger partial charge in [-0.2, -0.15) is 148 Å². The molecule has 5 aliphatic rings. The maximum atomic E-state index is 12.2. The van der Waals surface area contributed by atoms with Crippen molar-refractivity contribution in [2.75, 3.05) is 26.9 Å². The van der Waals surface area contributed by atoms with E-state index in [1.165, 1.54) is 137 Å². The molecule has 5 aliphatic heterocycles. The van der Waals surface area contributed by atoms with Crippen molar-refractivity contribution < 1.29 is 552 Å². The standard InChI is InChI=1S/C19H17NO4S2.C14H10N2S2.C13H6N2O2S2.C12H4N2O2S2.C12H6N2S2.10K/c1-6-15(21)23-9-10-24-17(22)16(20-5)18-25-13-8-7-12(19(2,3)4)11-14(13)26-18;1-14(2,3)9-5-6-11-12(7-9)18-13(17-11)10(8-15)16-4;1-3-17-12(16)8-4-5-10-11(6-8)19-13(18-10)9(7-14)15-2;1-14-8(6-13)12-17-9-4-3-7(11(15)16-2)5-10(9)18-12;1-3-8-4-5-10-11(6-8)16-12(15-10)9(7-13)14-2;;;;;;;;;;/h6-7H,1,9-10H2,2-4H3;5H,1-3H3;4H,3H2,1H3;3H,2H3;4H,3H2,1H3;;;;;;;;;;/q5*-2;10*+1/b18-16+;13-10+;13-9+;12-8+;12-9+;;;;;;;;;;. The summed E-state index contributed by atoms with van der Waals surface area (Å²) in [5, 5.41) is 35.3. The molecular weight excluding hydrogens is 1810 g/mol. The summed E-state index contributed by atoms with van der Waals surface area (Å²) in [6.07, 6.45) is 1.94. The van der Waals surface area contributed by atoms with Gasteiger partial charge in [-0.25, -0.2) is 79.4 Å². The monoisotopic (exact) mass is 1850 g/mol. The third-order valence-electron chi connectivity index (χ3n) is 11.8. The number of benzene rings is 5. The summed E-state index contributed by atoms with van der Waals surface area (Å²) in [7, 11) is 1.30. The van der Waals surface area contributed by atoms with Gasteiger partial charge in [-0.3, -0.25) is 76.1 Å². The fourth-order valence-electron chi connectivity index (χ4n) is 6.96. The molecule has 0 aromatic heterocycles. The first-order valence-electron chi connectivity index (χ1n) is 27.5. The van der Waals surface area contributed by atoms with Crippen LogP contribution in [0.2, 0.25) is 0 Å². The first-order chi connectivity index (χ1) is 46.4. The fraction of sp³-hybridized carbons (Fsp3) is 0.214. The Kier molecular flexibility index (Phi) is 74.2. The van der Waals surface area contributed by atoms with Gasteiger partial charge in [-0.05, 0) is 6.92 Å². The number of carbonyl (C=O) groups excluding carboxylic acids is 4. The Labute approximate surface area is 1100 Å². The van der Waals surface area contributed by atoms with Crippen molar-refractivity contribution in [3.63, 3.8) is 0 Å². The molecule has 10 rings (SSSR count). The molecule has 5 heterocycles. The van der Waals surface area contributed by atoms with Gasteiger partial charge in [0.15, 0.2) is 11.9 Å². The number of fused-ring (bicyclic) bond motifs is 5. The van der Waals surface area contributed by atoms with Crippen molar-refractivity contribution in [1.29, 1.82) is 21.0 Å². The van der Waals surface area contributed by atoms with Crippen LogP contribution in [-0.4, -0.2) is 50.8 Å². The van der Waals surface area contributed by atoms with E-state index < -0.39 is 23.9 Å². The molecule has 0 spiro atoms. The van der Waals surface area contributed by atoms with Gasteiger partial charge in [0.25, 0.3) is 28.5 Å². The number of carbonyl (C=O) groups is 4. The number of hydrogen-bond donors (Lipinski definition) is 0. The number of esters is 4. The number of thioether (sulfide) groups is 10. The number of methoxy groups -OCH3 is 1. The largest absolute Gasteiger partial charge is 1.00 e. The van der Waals surface area contributed by atoms with E-state index in [-0.39, 0.29) is 572 Å². The molecule has 0 amide bonds. The molecule has 5 aromatic rings. The van der Waals surface area contributed by atoms with E-state index in [0.29, 0.717) is 34.7 Å². The Morgan fingerprint density at radius 3 is 1.07 bits per heavy atom. The smallest absolute Gasteiger partial charge is 0.517 e. The van der Waals surface area contributed by atoms with Crippen molar-refractivity contribution in [1.82, 2.24) is 0 Å². The van der Waals surface area contributed by atoms with Crippen LogP contribution in [0.25, 0.3) is 24.2 Å². The van der Waals surface area contributed by atoms with E-state index in [9.17, 15) is 19.2 Å². The quantitative estimate of drug-likeness (QED) is 0.0254. The van der Waals surface area contributed by atoms with Crippen LogP contribution in [0.5, 0.6) is 0 Å². The van der Waals surface area contributed by atoms with Gasteiger partial charge in [0.1, 0.15) is 13.2 Å². The van der Waals surface area contributed by atoms with Crippen LogP contribution in [0.4, 0.5) is 0 Å². The van der Waals surface area contributed by atoms with Gasteiger partial charge in [-0.1, -0.05) is 72.3 Å². The summed E-state index contributed by atoms with van der Waals surface area (Å²) in [4.78, 5) is 70.6. The first-order valence-corrected chi connectivity index (χ1v) is 35.6. The van der Waals surface area contributed by atoms with Gasteiger partial charge < -0.3 is 64.9 Å². The summed E-state index contributed by atoms with van der Waals surface area (Å²) in [5.41, 5.74) is 4.08. The van der Waals surface area contributed by atoms with Gasteiger partial charge in [0, 0.05) is 27.3 Å². The Bertz CT molecular complexity index is 4600. The number of hydrogen-bond acceptors (Lipinski definition) is 22. The van der Waals surface area contributed by atoms with Crippen LogP contribution in [0.1, 0.15) is 92.8 Å². The average Bonchev–Trinajstić information content (AvgIpc) is 1.70. The molecule has 0 bridgehead atoms. The summed E-state index contributed by atoms with van der Waals surface area (Å²) >= 11 is 13.5. The number of rotatable bonds is 9. The predicted molar refractivity (Wildman–Crippen MR) is 376 cm³/mol. The number of allylic oxidation sites excluding steroid dienone is 4. The van der Waals surface area contributed by atoms with Crippen molar-refractivity contribution in [3.05, 3.63) is 238 Å². The third-order valence-corrected chi connectivity index (χ3v) is 23.9. The van der Waals surface area contributed by atoms with E-state index in [2.05, 4.69) is 145 Å². The number of nitriles is 4. The predicted octanol–water partition coefficient (Wildman–Crippen LogP) is -11.6. The molecule has 0 unspecified atom stereocenters. The zero-order chi connectivity index (χ0) is 71.1. The molecule has 37 heteroatoms. The molecule has 5 aromatic carbocycles. The van der Waals surface area contributed by atoms with Crippen LogP contribution >= 0.6 is 118 Å². The molecular formula is C70H43K10N9O8S10. The Morgan fingerprint density at radius 1 is 0.439 bits per heavy atom. The first kappa shape index (κ1) is 123. The topological polar surface area (TPSA) is 222 Å². The molecule has 0 saturated carbocycles. The molecule has 0 radical (unpaired) electrons. The zero-order valence-corrected chi connectivity index (χ0v) is 102. The van der Waals surface area contributed by atoms with E-state index in [0.717, 1.165) is 76.8 Å². The van der Waals surface area contributed by atoms with E-state index in [1.807, 2.05) is 42.5 Å². The molecule has 0 saturated heterocycles. The number of aryl methyl sites for hydroxylation is 1. The van der Waals surface area contributed by atoms with Gasteiger partial charge >= 0.3 is 526 Å². The van der Waals surface area contributed by atoms with Crippen molar-refractivity contribution in [3.8, 4) is 24.3 Å². The second kappa shape index (κ2) is 64.4. The molecule has 486 valence electrons.